The fraction of sp³-hybridized carbons (Fsp3) is 0.263. The molecule has 2 aromatic carbocycles. The maximum absolute atomic E-state index is 5.65. The molecule has 20 heavy (non-hydrogen) atoms. The van der Waals surface area contributed by atoms with Crippen molar-refractivity contribution in [2.45, 2.75) is 34.6 Å². The molecular weight excluding hydrogens is 244 g/mol. The number of fused-ring (bicyclic) bond motifs is 3. The van der Waals surface area contributed by atoms with Crippen molar-refractivity contribution in [2.24, 2.45) is 0 Å². The van der Waals surface area contributed by atoms with Gasteiger partial charge in [-0.15, -0.1) is 6.58 Å². The van der Waals surface area contributed by atoms with Gasteiger partial charge in [0.25, 0.3) is 0 Å². The molecule has 1 heterocycles. The van der Waals surface area contributed by atoms with Crippen molar-refractivity contribution in [1.82, 2.24) is 0 Å². The molecule has 3 aromatic rings. The molecule has 3 rings (SSSR count). The lowest BCUT2D eigenvalue weighted by Crippen LogP contribution is -1.62. The second-order valence-corrected chi connectivity index (χ2v) is 3.50. The Morgan fingerprint density at radius 2 is 1.05 bits per heavy atom. The molecule has 108 valence electrons. The lowest BCUT2D eigenvalue weighted by Gasteiger charge is -1.85. The molecule has 1 heteroatoms. The van der Waals surface area contributed by atoms with Crippen LogP contribution in [0.1, 0.15) is 34.6 Å². The third-order valence-electron chi connectivity index (χ3n) is 2.28. The van der Waals surface area contributed by atoms with E-state index in [4.69, 9.17) is 4.42 Å². The zero-order chi connectivity index (χ0) is 15.4. The molecule has 0 spiro atoms. The Labute approximate surface area is 122 Å². The van der Waals surface area contributed by atoms with Crippen molar-refractivity contribution in [3.05, 3.63) is 61.2 Å². The molecule has 0 aliphatic heterocycles. The van der Waals surface area contributed by atoms with E-state index in [2.05, 4.69) is 18.7 Å². The monoisotopic (exact) mass is 270 g/mol. The van der Waals surface area contributed by atoms with E-state index in [9.17, 15) is 0 Å². The van der Waals surface area contributed by atoms with Gasteiger partial charge in [0, 0.05) is 10.8 Å². The Bertz CT molecular complexity index is 555. The summed E-state index contributed by atoms with van der Waals surface area (Å²) < 4.78 is 5.65. The average molecular weight is 270 g/mol. The maximum Gasteiger partial charge on any atom is 0.135 e. The van der Waals surface area contributed by atoms with Crippen LogP contribution in [0.25, 0.3) is 21.9 Å². The lowest BCUT2D eigenvalue weighted by atomic mass is 10.2. The predicted octanol–water partition coefficient (Wildman–Crippen LogP) is 6.83. The van der Waals surface area contributed by atoms with Gasteiger partial charge >= 0.3 is 0 Å². The van der Waals surface area contributed by atoms with E-state index in [1.54, 1.807) is 6.08 Å². The highest BCUT2D eigenvalue weighted by Crippen LogP contribution is 2.27. The molecule has 0 N–H and O–H groups in total. The molecule has 0 saturated heterocycles. The average Bonchev–Trinajstić information content (AvgIpc) is 2.91. The molecule has 0 radical (unpaired) electrons. The number of benzene rings is 2. The van der Waals surface area contributed by atoms with Crippen molar-refractivity contribution in [2.75, 3.05) is 0 Å². The molecule has 0 saturated carbocycles. The first-order valence-corrected chi connectivity index (χ1v) is 7.30. The first-order valence-electron chi connectivity index (χ1n) is 7.30. The maximum atomic E-state index is 5.65. The van der Waals surface area contributed by atoms with Gasteiger partial charge in [-0.25, -0.2) is 0 Å². The Morgan fingerprint density at radius 1 is 0.750 bits per heavy atom. The van der Waals surface area contributed by atoms with Gasteiger partial charge in [0.1, 0.15) is 11.2 Å². The highest BCUT2D eigenvalue weighted by Gasteiger charge is 2.03. The van der Waals surface area contributed by atoms with Crippen molar-refractivity contribution < 1.29 is 4.42 Å². The Morgan fingerprint density at radius 3 is 1.40 bits per heavy atom. The molecular formula is C19H26O. The number of rotatable bonds is 0. The van der Waals surface area contributed by atoms with E-state index in [0.717, 1.165) is 11.2 Å². The summed E-state index contributed by atoms with van der Waals surface area (Å²) in [5.74, 6) is 0. The number of hydrogen-bond donors (Lipinski definition) is 0. The molecule has 0 fully saturated rings. The van der Waals surface area contributed by atoms with Crippen molar-refractivity contribution in [1.29, 1.82) is 0 Å². The summed E-state index contributed by atoms with van der Waals surface area (Å²) in [7, 11) is 0. The van der Waals surface area contributed by atoms with Crippen molar-refractivity contribution in [3.8, 4) is 0 Å². The SMILES string of the molecule is C=CC.CC.CC.c1ccc2c(c1)oc1ccccc12. The first-order chi connectivity index (χ1) is 9.86. The largest absolute Gasteiger partial charge is 0.456 e. The fourth-order valence-corrected chi connectivity index (χ4v) is 1.67. The molecule has 1 aromatic heterocycles. The number of furan rings is 1. The number of allylic oxidation sites excluding steroid dienone is 1. The normalized spacial score (nSPS) is 8.45. The predicted molar refractivity (Wildman–Crippen MR) is 92.3 cm³/mol. The van der Waals surface area contributed by atoms with Crippen molar-refractivity contribution in [3.63, 3.8) is 0 Å². The summed E-state index contributed by atoms with van der Waals surface area (Å²) in [6.07, 6.45) is 1.75. The third kappa shape index (κ3) is 4.58. The van der Waals surface area contributed by atoms with Crippen LogP contribution in [0.5, 0.6) is 0 Å². The fourth-order valence-electron chi connectivity index (χ4n) is 1.67. The summed E-state index contributed by atoms with van der Waals surface area (Å²) in [5, 5.41) is 2.39. The molecule has 0 atom stereocenters. The van der Waals surface area contributed by atoms with Gasteiger partial charge in [0.15, 0.2) is 0 Å². The van der Waals surface area contributed by atoms with Crippen LogP contribution < -0.4 is 0 Å². The minimum absolute atomic E-state index is 0.962. The lowest BCUT2D eigenvalue weighted by molar-refractivity contribution is 0.669. The zero-order valence-electron chi connectivity index (χ0n) is 13.3. The number of para-hydroxylation sites is 2. The highest BCUT2D eigenvalue weighted by atomic mass is 16.3. The van der Waals surface area contributed by atoms with E-state index in [0.29, 0.717) is 0 Å². The summed E-state index contributed by atoms with van der Waals surface area (Å²) in [5.41, 5.74) is 1.92. The van der Waals surface area contributed by atoms with E-state index in [1.807, 2.05) is 71.0 Å². The molecule has 0 bridgehead atoms. The van der Waals surface area contributed by atoms with Crippen LogP contribution in [0.4, 0.5) is 0 Å². The van der Waals surface area contributed by atoms with Gasteiger partial charge in [-0.3, -0.25) is 0 Å². The molecule has 0 amide bonds. The zero-order valence-corrected chi connectivity index (χ0v) is 13.3. The Hall–Kier alpha value is -2.02. The first kappa shape index (κ1) is 18.0. The minimum Gasteiger partial charge on any atom is -0.456 e. The highest BCUT2D eigenvalue weighted by molar-refractivity contribution is 6.04. The van der Waals surface area contributed by atoms with E-state index >= 15 is 0 Å². The topological polar surface area (TPSA) is 13.1 Å². The van der Waals surface area contributed by atoms with Gasteiger partial charge in [-0.2, -0.15) is 0 Å². The second kappa shape index (κ2) is 10.9. The van der Waals surface area contributed by atoms with Gasteiger partial charge in [-0.05, 0) is 19.1 Å². The van der Waals surface area contributed by atoms with Gasteiger partial charge in [0.05, 0.1) is 0 Å². The van der Waals surface area contributed by atoms with Gasteiger partial charge in [0.2, 0.25) is 0 Å². The molecule has 0 aliphatic carbocycles. The molecule has 1 nitrogen and oxygen atoms in total. The van der Waals surface area contributed by atoms with Gasteiger partial charge in [-0.1, -0.05) is 70.2 Å². The summed E-state index contributed by atoms with van der Waals surface area (Å²) in [6.45, 7) is 13.2. The van der Waals surface area contributed by atoms with Crippen LogP contribution >= 0.6 is 0 Å². The second-order valence-electron chi connectivity index (χ2n) is 3.50. The summed E-state index contributed by atoms with van der Waals surface area (Å²) in [6, 6.07) is 16.2. The van der Waals surface area contributed by atoms with Crippen LogP contribution in [0.15, 0.2) is 65.6 Å². The van der Waals surface area contributed by atoms with Crippen LogP contribution in [0.2, 0.25) is 0 Å². The number of hydrogen-bond acceptors (Lipinski definition) is 1. The van der Waals surface area contributed by atoms with Crippen LogP contribution in [0.3, 0.4) is 0 Å². The molecule has 0 aliphatic rings. The molecule has 0 unspecified atom stereocenters. The standard InChI is InChI=1S/C12H8O.C3H6.2C2H6/c1-3-7-11-9(5-1)10-6-2-4-8-12(10)13-11;1-3-2;2*1-2/h1-8H;3H,1H2,2H3;2*1-2H3. The quantitative estimate of drug-likeness (QED) is 0.408. The van der Waals surface area contributed by atoms with E-state index in [1.165, 1.54) is 10.8 Å². The van der Waals surface area contributed by atoms with Gasteiger partial charge < -0.3 is 4.42 Å². The smallest absolute Gasteiger partial charge is 0.135 e. The Balaban J connectivity index is 0.000000451. The van der Waals surface area contributed by atoms with Crippen LogP contribution in [-0.4, -0.2) is 0 Å². The van der Waals surface area contributed by atoms with E-state index < -0.39 is 0 Å². The van der Waals surface area contributed by atoms with Crippen molar-refractivity contribution >= 4 is 21.9 Å². The van der Waals surface area contributed by atoms with E-state index in [-0.39, 0.29) is 0 Å². The minimum atomic E-state index is 0.962. The third-order valence-corrected chi connectivity index (χ3v) is 2.28. The summed E-state index contributed by atoms with van der Waals surface area (Å²) in [4.78, 5) is 0. The Kier molecular flexibility index (Phi) is 9.76. The van der Waals surface area contributed by atoms with Crippen LogP contribution in [-0.2, 0) is 0 Å². The summed E-state index contributed by atoms with van der Waals surface area (Å²) >= 11 is 0. The van der Waals surface area contributed by atoms with Crippen LogP contribution in [0, 0.1) is 0 Å².